The van der Waals surface area contributed by atoms with Gasteiger partial charge in [-0.1, -0.05) is 34.8 Å². The lowest BCUT2D eigenvalue weighted by molar-refractivity contribution is -0.133. The van der Waals surface area contributed by atoms with Crippen molar-refractivity contribution < 1.29 is 9.59 Å². The molecule has 0 aliphatic carbocycles. The third kappa shape index (κ3) is 4.51. The molecule has 0 saturated carbocycles. The summed E-state index contributed by atoms with van der Waals surface area (Å²) in [7, 11) is 3.43. The zero-order valence-corrected chi connectivity index (χ0v) is 15.2. The minimum Gasteiger partial charge on any atom is -0.347 e. The molecule has 1 aromatic carbocycles. The van der Waals surface area contributed by atoms with E-state index in [2.05, 4.69) is 5.32 Å². The van der Waals surface area contributed by atoms with Crippen molar-refractivity contribution in [3.8, 4) is 0 Å². The molecule has 2 rings (SSSR count). The Morgan fingerprint density at radius 2 is 1.87 bits per heavy atom. The van der Waals surface area contributed by atoms with E-state index in [1.807, 2.05) is 4.90 Å². The molecule has 1 atom stereocenters. The van der Waals surface area contributed by atoms with Gasteiger partial charge in [0.05, 0.1) is 28.3 Å². The minimum absolute atomic E-state index is 0.0119. The Balaban J connectivity index is 2.04. The maximum atomic E-state index is 12.3. The molecule has 1 aromatic rings. The van der Waals surface area contributed by atoms with Crippen molar-refractivity contribution in [3.63, 3.8) is 0 Å². The fourth-order valence-corrected chi connectivity index (χ4v) is 3.53. The molecule has 1 aliphatic heterocycles. The second-order valence-electron chi connectivity index (χ2n) is 5.65. The Kier molecular flexibility index (Phi) is 6.14. The van der Waals surface area contributed by atoms with Gasteiger partial charge in [0.15, 0.2) is 0 Å². The molecule has 8 heteroatoms. The van der Waals surface area contributed by atoms with E-state index in [-0.39, 0.29) is 34.4 Å². The number of carbonyl (C=O) groups excluding carboxylic acids is 2. The number of halogens is 3. The zero-order valence-electron chi connectivity index (χ0n) is 12.9. The number of hydrogen-bond donors (Lipinski definition) is 1. The molecule has 5 nitrogen and oxygen atoms in total. The average molecular weight is 379 g/mol. The van der Waals surface area contributed by atoms with Gasteiger partial charge in [-0.2, -0.15) is 0 Å². The molecular formula is C15H18Cl3N3O2. The number of likely N-dealkylation sites (N-methyl/N-ethyl adjacent to an activating group) is 1. The van der Waals surface area contributed by atoms with Crippen LogP contribution >= 0.6 is 34.8 Å². The molecule has 2 amide bonds. The second kappa shape index (κ2) is 7.71. The number of hydrogen-bond acceptors (Lipinski definition) is 3. The van der Waals surface area contributed by atoms with E-state index in [9.17, 15) is 9.59 Å². The number of rotatable bonds is 4. The molecule has 126 valence electrons. The van der Waals surface area contributed by atoms with Gasteiger partial charge in [-0.05, 0) is 31.5 Å². The molecule has 0 bridgehead atoms. The Morgan fingerprint density at radius 1 is 1.26 bits per heavy atom. The number of carbonyl (C=O) groups is 2. The van der Waals surface area contributed by atoms with E-state index in [1.165, 1.54) is 12.1 Å². The zero-order chi connectivity index (χ0) is 17.1. The minimum atomic E-state index is -0.269. The van der Waals surface area contributed by atoms with Gasteiger partial charge in [-0.25, -0.2) is 0 Å². The summed E-state index contributed by atoms with van der Waals surface area (Å²) in [6, 6.07) is 2.77. The van der Waals surface area contributed by atoms with Crippen molar-refractivity contribution in [3.05, 3.63) is 27.2 Å². The number of benzene rings is 1. The molecule has 1 saturated heterocycles. The van der Waals surface area contributed by atoms with Crippen LogP contribution in [0.4, 0.5) is 5.69 Å². The fourth-order valence-electron chi connectivity index (χ4n) is 2.62. The number of nitrogens with zero attached hydrogens (tertiary/aromatic N) is 2. The lowest BCUT2D eigenvalue weighted by Gasteiger charge is -2.25. The maximum absolute atomic E-state index is 12.3. The van der Waals surface area contributed by atoms with Crippen LogP contribution in [0.25, 0.3) is 0 Å². The molecule has 1 aliphatic rings. The number of nitrogens with one attached hydrogen (secondary N) is 1. The lowest BCUT2D eigenvalue weighted by Crippen LogP contribution is -2.45. The molecule has 0 radical (unpaired) electrons. The highest BCUT2D eigenvalue weighted by Gasteiger charge is 2.32. The fraction of sp³-hybridized carbons (Fsp3) is 0.467. The SMILES string of the molecule is CN(C)C(=O)[C@H]1CCCN1CC(=O)Nc1c(Cl)cc(Cl)cc1Cl. The molecule has 0 unspecified atom stereocenters. The molecule has 1 N–H and O–H groups in total. The highest BCUT2D eigenvalue weighted by atomic mass is 35.5. The van der Waals surface area contributed by atoms with Crippen molar-refractivity contribution in [1.29, 1.82) is 0 Å². The first kappa shape index (κ1) is 18.3. The Labute approximate surface area is 150 Å². The van der Waals surface area contributed by atoms with E-state index in [0.717, 1.165) is 12.8 Å². The molecule has 0 spiro atoms. The van der Waals surface area contributed by atoms with Gasteiger partial charge < -0.3 is 10.2 Å². The van der Waals surface area contributed by atoms with Crippen LogP contribution in [0.3, 0.4) is 0 Å². The topological polar surface area (TPSA) is 52.7 Å². The first-order valence-corrected chi connectivity index (χ1v) is 8.32. The summed E-state index contributed by atoms with van der Waals surface area (Å²) in [6.07, 6.45) is 1.65. The second-order valence-corrected chi connectivity index (χ2v) is 6.90. The van der Waals surface area contributed by atoms with Crippen molar-refractivity contribution in [2.24, 2.45) is 0 Å². The smallest absolute Gasteiger partial charge is 0.239 e. The number of anilines is 1. The quantitative estimate of drug-likeness (QED) is 0.876. The average Bonchev–Trinajstić information content (AvgIpc) is 2.89. The Morgan fingerprint density at radius 3 is 2.43 bits per heavy atom. The van der Waals surface area contributed by atoms with Crippen LogP contribution in [-0.4, -0.2) is 54.8 Å². The molecule has 1 fully saturated rings. The Bertz CT molecular complexity index is 599. The van der Waals surface area contributed by atoms with Gasteiger partial charge in [0.1, 0.15) is 0 Å². The summed E-state index contributed by atoms with van der Waals surface area (Å²) >= 11 is 18.0. The predicted octanol–water partition coefficient (Wildman–Crippen LogP) is 3.14. The molecule has 1 heterocycles. The third-order valence-electron chi connectivity index (χ3n) is 3.71. The van der Waals surface area contributed by atoms with Gasteiger partial charge in [0.2, 0.25) is 11.8 Å². The van der Waals surface area contributed by atoms with Crippen LogP contribution in [0.2, 0.25) is 15.1 Å². The summed E-state index contributed by atoms with van der Waals surface area (Å²) in [6.45, 7) is 0.819. The van der Waals surface area contributed by atoms with E-state index >= 15 is 0 Å². The van der Waals surface area contributed by atoms with Gasteiger partial charge in [0.25, 0.3) is 0 Å². The molecular weight excluding hydrogens is 361 g/mol. The maximum Gasteiger partial charge on any atom is 0.239 e. The van der Waals surface area contributed by atoms with E-state index in [0.29, 0.717) is 17.3 Å². The summed E-state index contributed by atoms with van der Waals surface area (Å²) in [5.74, 6) is -0.257. The standard InChI is InChI=1S/C15H18Cl3N3O2/c1-20(2)15(23)12-4-3-5-21(12)8-13(22)19-14-10(17)6-9(16)7-11(14)18/h6-7,12H,3-5,8H2,1-2H3,(H,19,22)/t12-/m1/s1. The highest BCUT2D eigenvalue weighted by Crippen LogP contribution is 2.33. The van der Waals surface area contributed by atoms with Crippen molar-refractivity contribution in [1.82, 2.24) is 9.80 Å². The van der Waals surface area contributed by atoms with E-state index in [4.69, 9.17) is 34.8 Å². The van der Waals surface area contributed by atoms with E-state index in [1.54, 1.807) is 19.0 Å². The van der Waals surface area contributed by atoms with Crippen LogP contribution in [0, 0.1) is 0 Å². The number of amides is 2. The normalized spacial score (nSPS) is 18.0. The van der Waals surface area contributed by atoms with Crippen molar-refractivity contribution in [2.75, 3.05) is 32.5 Å². The van der Waals surface area contributed by atoms with Crippen LogP contribution in [0.1, 0.15) is 12.8 Å². The summed E-state index contributed by atoms with van der Waals surface area (Å²) < 4.78 is 0. The van der Waals surface area contributed by atoms with Crippen molar-refractivity contribution in [2.45, 2.75) is 18.9 Å². The lowest BCUT2D eigenvalue weighted by atomic mass is 10.2. The highest BCUT2D eigenvalue weighted by molar-refractivity contribution is 6.42. The van der Waals surface area contributed by atoms with Crippen LogP contribution < -0.4 is 5.32 Å². The third-order valence-corrected chi connectivity index (χ3v) is 4.52. The first-order valence-electron chi connectivity index (χ1n) is 7.19. The monoisotopic (exact) mass is 377 g/mol. The number of likely N-dealkylation sites (tertiary alicyclic amines) is 1. The van der Waals surface area contributed by atoms with Gasteiger partial charge in [-0.3, -0.25) is 14.5 Å². The first-order chi connectivity index (χ1) is 10.8. The summed E-state index contributed by atoms with van der Waals surface area (Å²) in [4.78, 5) is 27.8. The van der Waals surface area contributed by atoms with Crippen LogP contribution in [0.5, 0.6) is 0 Å². The van der Waals surface area contributed by atoms with Crippen LogP contribution in [-0.2, 0) is 9.59 Å². The Hall–Kier alpha value is -1.01. The summed E-state index contributed by atoms with van der Waals surface area (Å²) in [5.41, 5.74) is 0.331. The van der Waals surface area contributed by atoms with E-state index < -0.39 is 0 Å². The van der Waals surface area contributed by atoms with Gasteiger partial charge in [-0.15, -0.1) is 0 Å². The van der Waals surface area contributed by atoms with Gasteiger partial charge in [0, 0.05) is 19.1 Å². The largest absolute Gasteiger partial charge is 0.347 e. The molecule has 23 heavy (non-hydrogen) atoms. The van der Waals surface area contributed by atoms with Crippen LogP contribution in [0.15, 0.2) is 12.1 Å². The van der Waals surface area contributed by atoms with Crippen molar-refractivity contribution >= 4 is 52.3 Å². The predicted molar refractivity (Wildman–Crippen MR) is 93.4 cm³/mol. The van der Waals surface area contributed by atoms with Gasteiger partial charge >= 0.3 is 0 Å². The molecule has 0 aromatic heterocycles. The summed E-state index contributed by atoms with van der Waals surface area (Å²) in [5, 5.41) is 3.64.